The molecule has 4 unspecified atom stereocenters. The number of thiazole rings is 2. The highest BCUT2D eigenvalue weighted by atomic mass is 79.9. The first kappa shape index (κ1) is 99.5. The van der Waals surface area contributed by atoms with Crippen molar-refractivity contribution in [2.45, 2.75) is 213 Å². The number of allylic oxidation sites excluding steroid dienone is 2. The molecule has 3 aromatic carbocycles. The van der Waals surface area contributed by atoms with Crippen LogP contribution >= 0.6 is 61.8 Å². The molecular weight excluding hydrogens is 1850 g/mol. The second-order valence-electron chi connectivity index (χ2n) is 38.4. The first-order chi connectivity index (χ1) is 62.1. The van der Waals surface area contributed by atoms with Gasteiger partial charge in [-0.1, -0.05) is 92.8 Å². The molecule has 0 spiro atoms. The van der Waals surface area contributed by atoms with Crippen LogP contribution in [0.4, 0.5) is 10.3 Å². The van der Waals surface area contributed by atoms with Crippen LogP contribution in [0.2, 0.25) is 10.0 Å². The molecule has 6 saturated carbocycles. The Morgan fingerprint density at radius 3 is 1.50 bits per heavy atom. The van der Waals surface area contributed by atoms with Crippen molar-refractivity contribution in [3.8, 4) is 40.0 Å². The van der Waals surface area contributed by atoms with Gasteiger partial charge in [-0.3, -0.25) is 47.3 Å². The molecule has 8 aliphatic rings. The van der Waals surface area contributed by atoms with Crippen LogP contribution in [0.5, 0.6) is 17.2 Å². The number of fused-ring (bicyclic) bond motifs is 4. The van der Waals surface area contributed by atoms with E-state index in [1.54, 1.807) is 73.7 Å². The molecule has 15 rings (SSSR count). The van der Waals surface area contributed by atoms with E-state index >= 15 is 0 Å². The van der Waals surface area contributed by atoms with Crippen molar-refractivity contribution in [2.24, 2.45) is 69.0 Å². The van der Waals surface area contributed by atoms with E-state index in [9.17, 15) is 51.6 Å². The number of hydrogen-bond acceptors (Lipinski definition) is 28. The number of Topliss-reactive ketones (excluding diaryl/α,β-unsaturated/α-hetero) is 2. The molecule has 4 aromatic heterocycles. The number of ketones is 2. The monoisotopic (exact) mass is 1960 g/mol. The van der Waals surface area contributed by atoms with E-state index in [0.29, 0.717) is 128 Å². The zero-order chi connectivity index (χ0) is 94.7. The Balaban J connectivity index is 0.000000180. The van der Waals surface area contributed by atoms with Crippen molar-refractivity contribution in [1.82, 2.24) is 29.7 Å². The normalized spacial score (nSPS) is 24.8. The van der Waals surface area contributed by atoms with Gasteiger partial charge in [0.1, 0.15) is 64.5 Å². The summed E-state index contributed by atoms with van der Waals surface area (Å²) in [5.74, 6) is -1.53. The maximum Gasteiger partial charge on any atom is 0.312 e. The second kappa shape index (κ2) is 41.5. The summed E-state index contributed by atoms with van der Waals surface area (Å²) in [6.45, 7) is 28.5. The Kier molecular flexibility index (Phi) is 31.5. The molecule has 29 nitrogen and oxygen atoms in total. The number of carbonyl (C=O) groups is 8. The average Bonchev–Trinajstić information content (AvgIpc) is 1.57. The third kappa shape index (κ3) is 23.5. The number of benzene rings is 3. The second-order valence-corrected chi connectivity index (χ2v) is 43.4. The zero-order valence-electron chi connectivity index (χ0n) is 76.5. The van der Waals surface area contributed by atoms with Crippen molar-refractivity contribution in [3.05, 3.63) is 121 Å². The molecule has 6 heterocycles. The first-order valence-corrected chi connectivity index (χ1v) is 49.3. The molecule has 2 aliphatic heterocycles. The van der Waals surface area contributed by atoms with Gasteiger partial charge in [-0.25, -0.2) is 15.0 Å². The van der Waals surface area contributed by atoms with E-state index in [-0.39, 0.29) is 121 Å². The standard InChI is InChI=1S/C45H57ClN4O9S.C33H42BrNO9S.C18H20ClN3O3S/c1-9-27-20-45(27,42(54)56-8)21-35(51)34-17-29(22-50(34)41(53)31(44(4,5)6)18-38(52)59-28-15-25-14-26(25)16-28)58-37-19-32(33-23-60-43(49-33)47-24(2)3)48-40-30(37)10-11-36(39(40)46)57-13-12-55-7;1-6-21-16-33(21,31(39)42-5)17-28(36)27-14-24(44-45(40,41)25-9-7-22(34)8-10-25)18-35(27)30(38)26(32(2,3)4)15-29(37)43-23-12-19-11-20(19)13-23;1-10(2)20-18-22-13(9-26-18)12-8-14(23)11-4-5-15(25-7-6-24-3)16(19)17(11)21-12/h9-11,19,23-29,31,34H,1,12-18,20-22H2,2-8H3,(H,47,49);6-10,19-21,23-24,26-27H,1,11-18H2,2-5H3;4-5,8-10H,6-7H2,1-3H3,(H,20,22)(H,21,23)/t25-,26+,27-,28?,29-,31-,34+,45?;19-,20+,21-,23?,24-,26-,27+,33?;/m11./s1. The minimum atomic E-state index is -4.23. The van der Waals surface area contributed by atoms with Crippen LogP contribution in [-0.2, 0) is 81.1 Å². The fourth-order valence-electron chi connectivity index (χ4n) is 18.6. The molecule has 0 bridgehead atoms. The van der Waals surface area contributed by atoms with E-state index < -0.39 is 103 Å². The lowest BCUT2D eigenvalue weighted by Gasteiger charge is -2.35. The SMILES string of the molecule is C=C[C@@H]1CC1(CC(=O)[C@@H]1C[C@@H](OS(=O)(=O)c2ccc(Br)cc2)CN1C(=O)[C@@H](CC(=O)OC1C[C@@H]2C[C@@H]2C1)C(C)(C)C)C(=O)OC.C=C[C@@H]1CC1(CC(=O)[C@@H]1C[C@@H](Oc2cc(-c3csc(NC(C)C)n3)nc3c(Cl)c(OCCOC)ccc23)CN1C(=O)[C@@H](CC(=O)OC1C[C@@H]2C[C@@H]2C1)C(C)(C)C)C(=O)OC.COCCOc1ccc2c(=O)cc(-c3csc(NC(C)C)n3)[nH]c2c1Cl. The number of rotatable bonds is 37. The molecule has 708 valence electrons. The molecule has 16 atom stereocenters. The smallest absolute Gasteiger partial charge is 0.312 e. The number of ether oxygens (including phenoxy) is 9. The Hall–Kier alpha value is -8.93. The van der Waals surface area contributed by atoms with E-state index in [0.717, 1.165) is 35.9 Å². The van der Waals surface area contributed by atoms with Gasteiger partial charge >= 0.3 is 23.9 Å². The van der Waals surface area contributed by atoms with Gasteiger partial charge in [-0.2, -0.15) is 8.42 Å². The number of aromatic nitrogens is 4. The Morgan fingerprint density at radius 2 is 1.04 bits per heavy atom. The lowest BCUT2D eigenvalue weighted by molar-refractivity contribution is -0.157. The molecule has 2 amide bonds. The predicted molar refractivity (Wildman–Crippen MR) is 503 cm³/mol. The summed E-state index contributed by atoms with van der Waals surface area (Å²) in [6, 6.07) is 14.7. The quantitative estimate of drug-likeness (QED) is 0.0107. The first-order valence-electron chi connectivity index (χ1n) is 44.6. The summed E-state index contributed by atoms with van der Waals surface area (Å²) in [5, 5.41) is 13.7. The third-order valence-corrected chi connectivity index (χ3v) is 30.3. The summed E-state index contributed by atoms with van der Waals surface area (Å²) in [5.41, 5.74) is -0.159. The number of H-pyrrole nitrogens is 1. The lowest BCUT2D eigenvalue weighted by Crippen LogP contribution is -2.48. The molecule has 35 heteroatoms. The van der Waals surface area contributed by atoms with Gasteiger partial charge in [0, 0.05) is 96.7 Å². The topological polar surface area (TPSA) is 365 Å². The zero-order valence-corrected chi connectivity index (χ0v) is 82.1. The van der Waals surface area contributed by atoms with Gasteiger partial charge in [0.05, 0.1) is 121 Å². The van der Waals surface area contributed by atoms with Crippen LogP contribution in [-0.4, -0.2) is 202 Å². The van der Waals surface area contributed by atoms with Crippen molar-refractivity contribution in [2.75, 3.05) is 78.6 Å². The Morgan fingerprint density at radius 1 is 0.580 bits per heavy atom. The van der Waals surface area contributed by atoms with E-state index in [4.69, 9.17) is 80.0 Å². The molecule has 8 fully saturated rings. The molecule has 0 radical (unpaired) electrons. The highest BCUT2D eigenvalue weighted by molar-refractivity contribution is 9.10. The summed E-state index contributed by atoms with van der Waals surface area (Å²) in [6.07, 6.45) is 7.51. The van der Waals surface area contributed by atoms with E-state index in [2.05, 4.69) is 49.7 Å². The number of nitrogens with zero attached hydrogens (tertiary/aromatic N) is 5. The number of carbonyl (C=O) groups excluding carboxylic acids is 8. The van der Waals surface area contributed by atoms with Gasteiger partial charge in [0.15, 0.2) is 27.3 Å². The van der Waals surface area contributed by atoms with E-state index in [1.165, 1.54) is 66.8 Å². The number of nitrogens with one attached hydrogen (secondary N) is 3. The molecule has 7 aromatic rings. The maximum absolute atomic E-state index is 14.9. The van der Waals surface area contributed by atoms with Crippen LogP contribution < -0.4 is 30.3 Å². The summed E-state index contributed by atoms with van der Waals surface area (Å²) in [7, 11) is 1.54. The number of amides is 2. The van der Waals surface area contributed by atoms with Gasteiger partial charge in [-0.05, 0) is 174 Å². The highest BCUT2D eigenvalue weighted by Crippen LogP contribution is 2.60. The van der Waals surface area contributed by atoms with Crippen LogP contribution in [0.3, 0.4) is 0 Å². The van der Waals surface area contributed by atoms with Crippen molar-refractivity contribution in [3.63, 3.8) is 0 Å². The lowest BCUT2D eigenvalue weighted by atomic mass is 9.77. The summed E-state index contributed by atoms with van der Waals surface area (Å²) < 4.78 is 83.0. The van der Waals surface area contributed by atoms with Gasteiger partial charge in [0.2, 0.25) is 11.8 Å². The van der Waals surface area contributed by atoms with Crippen molar-refractivity contribution >= 4 is 151 Å². The molecule has 6 aliphatic carbocycles. The number of halogens is 3. The summed E-state index contributed by atoms with van der Waals surface area (Å²) >= 11 is 19.7. The van der Waals surface area contributed by atoms with Gasteiger partial charge in [0.25, 0.3) is 10.1 Å². The van der Waals surface area contributed by atoms with Gasteiger partial charge in [-0.15, -0.1) is 35.8 Å². The van der Waals surface area contributed by atoms with Crippen molar-refractivity contribution in [1.29, 1.82) is 0 Å². The minimum absolute atomic E-state index is 0.0587. The van der Waals surface area contributed by atoms with Crippen molar-refractivity contribution < 1.29 is 93.6 Å². The number of likely N-dealkylation sites (tertiary alicyclic amines) is 2. The average molecular weight is 1970 g/mol. The molecule has 3 N–H and O–H groups in total. The molecule has 2 saturated heterocycles. The number of aromatic amines is 1. The van der Waals surface area contributed by atoms with E-state index in [1.807, 2.05) is 86.1 Å². The number of hydrogen-bond donors (Lipinski definition) is 3. The minimum Gasteiger partial charge on any atom is -0.490 e. The third-order valence-electron chi connectivity index (χ3n) is 26.1. The van der Waals surface area contributed by atoms with Crippen LogP contribution in [0, 0.1) is 69.0 Å². The highest BCUT2D eigenvalue weighted by Gasteiger charge is 2.63. The number of pyridine rings is 2. The van der Waals surface area contributed by atoms with Gasteiger partial charge < -0.3 is 68.0 Å². The number of esters is 4. The maximum atomic E-state index is 14.9. The Labute approximate surface area is 790 Å². The fraction of sp³-hybridized carbons (Fsp3) is 0.562. The summed E-state index contributed by atoms with van der Waals surface area (Å²) in [4.78, 5) is 143. The fourth-order valence-corrected chi connectivity index (χ4v) is 22.2. The Bertz CT molecular complexity index is 5600. The van der Waals surface area contributed by atoms with Crippen LogP contribution in [0.25, 0.3) is 44.6 Å². The molecule has 131 heavy (non-hydrogen) atoms. The number of methoxy groups -OCH3 is 4. The van der Waals surface area contributed by atoms with Crippen LogP contribution in [0.15, 0.2) is 111 Å². The number of anilines is 2. The van der Waals surface area contributed by atoms with Crippen LogP contribution in [0.1, 0.15) is 159 Å². The predicted octanol–water partition coefficient (Wildman–Crippen LogP) is 16.9. The molecular formula is C96H119BrCl2N8O21S3. The largest absolute Gasteiger partial charge is 0.490 e.